The van der Waals surface area contributed by atoms with E-state index in [0.717, 1.165) is 0 Å². The molecule has 60 valence electrons. The largest absolute Gasteiger partial charge is 0.317 e. The van der Waals surface area contributed by atoms with Crippen LogP contribution < -0.4 is 5.56 Å². The van der Waals surface area contributed by atoms with Crippen molar-refractivity contribution in [2.45, 2.75) is 6.92 Å². The first-order valence-corrected chi connectivity index (χ1v) is 3.84. The van der Waals surface area contributed by atoms with E-state index < -0.39 is 5.82 Å². The average Bonchev–Trinajstić information content (AvgIpc) is 1.97. The zero-order chi connectivity index (χ0) is 8.59. The number of aromatic nitrogens is 1. The van der Waals surface area contributed by atoms with Crippen LogP contribution >= 0.6 is 15.9 Å². The highest BCUT2D eigenvalue weighted by molar-refractivity contribution is 9.10. The van der Waals surface area contributed by atoms with Crippen molar-refractivity contribution in [2.24, 2.45) is 7.05 Å². The first kappa shape index (κ1) is 8.46. The lowest BCUT2D eigenvalue weighted by Gasteiger charge is -2.01. The van der Waals surface area contributed by atoms with E-state index in [-0.39, 0.29) is 11.1 Å². The van der Waals surface area contributed by atoms with Crippen LogP contribution in [0.4, 0.5) is 4.39 Å². The molecule has 0 amide bonds. The lowest BCUT2D eigenvalue weighted by atomic mass is 10.3. The summed E-state index contributed by atoms with van der Waals surface area (Å²) in [6, 6.07) is 0. The van der Waals surface area contributed by atoms with E-state index >= 15 is 0 Å². The van der Waals surface area contributed by atoms with Gasteiger partial charge in [-0.1, -0.05) is 0 Å². The van der Waals surface area contributed by atoms with Crippen molar-refractivity contribution >= 4 is 15.9 Å². The molecule has 0 unspecified atom stereocenters. The number of pyridine rings is 1. The standard InChI is InChI=1S/C7H7BrFNO/c1-4-6(9)5(8)3-10(2)7(4)11/h3H,1-2H3. The summed E-state index contributed by atoms with van der Waals surface area (Å²) in [6.45, 7) is 1.46. The molecule has 0 saturated carbocycles. The van der Waals surface area contributed by atoms with Gasteiger partial charge in [-0.15, -0.1) is 0 Å². The predicted molar refractivity (Wildman–Crippen MR) is 44.1 cm³/mol. The molecule has 0 saturated heterocycles. The molecule has 0 aromatic carbocycles. The fourth-order valence-corrected chi connectivity index (χ4v) is 1.43. The van der Waals surface area contributed by atoms with Crippen LogP contribution in [0.2, 0.25) is 0 Å². The number of aryl methyl sites for hydroxylation is 1. The van der Waals surface area contributed by atoms with Crippen LogP contribution in [-0.2, 0) is 7.05 Å². The molecule has 0 fully saturated rings. The fourth-order valence-electron chi connectivity index (χ4n) is 0.823. The topological polar surface area (TPSA) is 22.0 Å². The highest BCUT2D eigenvalue weighted by atomic mass is 79.9. The maximum Gasteiger partial charge on any atom is 0.256 e. The number of halogens is 2. The van der Waals surface area contributed by atoms with Crippen LogP contribution in [0.3, 0.4) is 0 Å². The molecule has 2 nitrogen and oxygen atoms in total. The van der Waals surface area contributed by atoms with Gasteiger partial charge in [-0.05, 0) is 22.9 Å². The summed E-state index contributed by atoms with van der Waals surface area (Å²) in [7, 11) is 1.58. The second kappa shape index (κ2) is 2.77. The summed E-state index contributed by atoms with van der Waals surface area (Å²) in [5.41, 5.74) is -0.160. The molecule has 4 heteroatoms. The molecule has 0 spiro atoms. The molecule has 1 rings (SSSR count). The van der Waals surface area contributed by atoms with Crippen molar-refractivity contribution in [1.82, 2.24) is 4.57 Å². The Bertz CT molecular complexity index is 345. The quantitative estimate of drug-likeness (QED) is 0.650. The predicted octanol–water partition coefficient (Wildman–Crippen LogP) is 1.60. The SMILES string of the molecule is Cc1c(F)c(Br)cn(C)c1=O. The smallest absolute Gasteiger partial charge is 0.256 e. The maximum atomic E-state index is 12.9. The monoisotopic (exact) mass is 219 g/mol. The van der Waals surface area contributed by atoms with Crippen molar-refractivity contribution in [1.29, 1.82) is 0 Å². The van der Waals surface area contributed by atoms with E-state index in [9.17, 15) is 9.18 Å². The number of hydrogen-bond donors (Lipinski definition) is 0. The van der Waals surface area contributed by atoms with Gasteiger partial charge < -0.3 is 4.57 Å². The summed E-state index contributed by atoms with van der Waals surface area (Å²) in [4.78, 5) is 11.0. The Morgan fingerprint density at radius 2 is 2.18 bits per heavy atom. The fraction of sp³-hybridized carbons (Fsp3) is 0.286. The van der Waals surface area contributed by atoms with E-state index in [2.05, 4.69) is 15.9 Å². The van der Waals surface area contributed by atoms with Crippen LogP contribution in [-0.4, -0.2) is 4.57 Å². The Hall–Kier alpha value is -0.640. The van der Waals surface area contributed by atoms with Crippen LogP contribution in [0, 0.1) is 12.7 Å². The lowest BCUT2D eigenvalue weighted by Crippen LogP contribution is -2.20. The summed E-state index contributed by atoms with van der Waals surface area (Å²) >= 11 is 3.00. The minimum Gasteiger partial charge on any atom is -0.317 e. The Morgan fingerprint density at radius 1 is 1.64 bits per heavy atom. The zero-order valence-electron chi connectivity index (χ0n) is 6.19. The molecule has 0 aliphatic rings. The summed E-state index contributed by atoms with van der Waals surface area (Å²) < 4.78 is 14.6. The molecule has 1 aromatic rings. The number of nitrogens with zero attached hydrogens (tertiary/aromatic N) is 1. The maximum absolute atomic E-state index is 12.9. The van der Waals surface area contributed by atoms with Gasteiger partial charge in [-0.3, -0.25) is 4.79 Å². The molecule has 1 aromatic heterocycles. The van der Waals surface area contributed by atoms with Gasteiger partial charge in [0.05, 0.1) is 10.0 Å². The van der Waals surface area contributed by atoms with Gasteiger partial charge in [-0.2, -0.15) is 0 Å². The Labute approximate surface area is 71.8 Å². The molecule has 11 heavy (non-hydrogen) atoms. The first-order valence-electron chi connectivity index (χ1n) is 3.05. The summed E-state index contributed by atoms with van der Waals surface area (Å²) in [6.07, 6.45) is 1.41. The first-order chi connectivity index (χ1) is 5.04. The van der Waals surface area contributed by atoms with E-state index in [0.29, 0.717) is 4.47 Å². The molecule has 0 radical (unpaired) electrons. The minimum absolute atomic E-state index is 0.141. The third-order valence-electron chi connectivity index (χ3n) is 1.49. The summed E-state index contributed by atoms with van der Waals surface area (Å²) in [5.74, 6) is -0.479. The van der Waals surface area contributed by atoms with Crippen molar-refractivity contribution in [3.05, 3.63) is 32.4 Å². The van der Waals surface area contributed by atoms with Crippen LogP contribution in [0.5, 0.6) is 0 Å². The van der Waals surface area contributed by atoms with Gasteiger partial charge in [0.15, 0.2) is 0 Å². The molecule has 0 aliphatic carbocycles. The molecule has 0 N–H and O–H groups in total. The average molecular weight is 220 g/mol. The van der Waals surface area contributed by atoms with Crippen molar-refractivity contribution in [3.63, 3.8) is 0 Å². The highest BCUT2D eigenvalue weighted by Gasteiger charge is 2.07. The van der Waals surface area contributed by atoms with Crippen LogP contribution in [0.15, 0.2) is 15.5 Å². The second-order valence-electron chi connectivity index (χ2n) is 2.33. The third-order valence-corrected chi connectivity index (χ3v) is 2.04. The lowest BCUT2D eigenvalue weighted by molar-refractivity contribution is 0.597. The van der Waals surface area contributed by atoms with Gasteiger partial charge >= 0.3 is 0 Å². The van der Waals surface area contributed by atoms with Crippen LogP contribution in [0.25, 0.3) is 0 Å². The third kappa shape index (κ3) is 1.35. The van der Waals surface area contributed by atoms with Crippen LogP contribution in [0.1, 0.15) is 5.56 Å². The second-order valence-corrected chi connectivity index (χ2v) is 3.19. The van der Waals surface area contributed by atoms with Gasteiger partial charge in [0.2, 0.25) is 0 Å². The molecule has 0 aliphatic heterocycles. The normalized spacial score (nSPS) is 10.2. The van der Waals surface area contributed by atoms with E-state index in [1.165, 1.54) is 17.7 Å². The van der Waals surface area contributed by atoms with Crippen molar-refractivity contribution in [2.75, 3.05) is 0 Å². The number of rotatable bonds is 0. The Balaban J connectivity index is 3.59. The molecule has 0 atom stereocenters. The van der Waals surface area contributed by atoms with Gasteiger partial charge in [0, 0.05) is 13.2 Å². The van der Waals surface area contributed by atoms with Gasteiger partial charge in [0.25, 0.3) is 5.56 Å². The van der Waals surface area contributed by atoms with Gasteiger partial charge in [0.1, 0.15) is 5.82 Å². The van der Waals surface area contributed by atoms with Crippen molar-refractivity contribution < 1.29 is 4.39 Å². The van der Waals surface area contributed by atoms with E-state index in [4.69, 9.17) is 0 Å². The number of hydrogen-bond acceptors (Lipinski definition) is 1. The highest BCUT2D eigenvalue weighted by Crippen LogP contribution is 2.14. The van der Waals surface area contributed by atoms with Gasteiger partial charge in [-0.25, -0.2) is 4.39 Å². The Kier molecular flexibility index (Phi) is 2.13. The van der Waals surface area contributed by atoms with E-state index in [1.54, 1.807) is 7.05 Å². The molecule has 1 heterocycles. The van der Waals surface area contributed by atoms with E-state index in [1.807, 2.05) is 0 Å². The zero-order valence-corrected chi connectivity index (χ0v) is 7.77. The molecular formula is C7H7BrFNO. The molecular weight excluding hydrogens is 213 g/mol. The minimum atomic E-state index is -0.479. The van der Waals surface area contributed by atoms with Crippen molar-refractivity contribution in [3.8, 4) is 0 Å². The molecule has 0 bridgehead atoms. The Morgan fingerprint density at radius 3 is 2.73 bits per heavy atom. The summed E-state index contributed by atoms with van der Waals surface area (Å²) in [5, 5.41) is 0.